The highest BCUT2D eigenvalue weighted by Gasteiger charge is 2.36. The summed E-state index contributed by atoms with van der Waals surface area (Å²) in [6.07, 6.45) is 14.1. The van der Waals surface area contributed by atoms with Crippen LogP contribution in [0.3, 0.4) is 0 Å². The van der Waals surface area contributed by atoms with Gasteiger partial charge in [0, 0.05) is 12.0 Å². The Morgan fingerprint density at radius 1 is 0.690 bits per heavy atom. The Labute approximate surface area is 255 Å². The molecule has 1 unspecified atom stereocenters. The zero-order valence-electron chi connectivity index (χ0n) is 25.1. The molecule has 0 spiro atoms. The van der Waals surface area contributed by atoms with Crippen molar-refractivity contribution < 1.29 is 5.11 Å². The van der Waals surface area contributed by atoms with Gasteiger partial charge >= 0.3 is 0 Å². The lowest BCUT2D eigenvalue weighted by Gasteiger charge is -2.39. The van der Waals surface area contributed by atoms with Crippen molar-refractivity contribution in [1.29, 1.82) is 0 Å². The van der Waals surface area contributed by atoms with Gasteiger partial charge in [0.1, 0.15) is 0 Å². The molecule has 0 aromatic heterocycles. The third-order valence-corrected chi connectivity index (χ3v) is 13.9. The van der Waals surface area contributed by atoms with Gasteiger partial charge in [0.05, 0.1) is 0 Å². The fraction of sp³-hybridized carbons (Fsp3) is 0.282. The molecule has 5 rings (SSSR count). The van der Waals surface area contributed by atoms with E-state index in [1.807, 2.05) is 0 Å². The summed E-state index contributed by atoms with van der Waals surface area (Å²) in [5.74, 6) is 0. The molecule has 0 saturated carbocycles. The van der Waals surface area contributed by atoms with E-state index in [1.165, 1.54) is 38.4 Å². The van der Waals surface area contributed by atoms with E-state index >= 15 is 0 Å². The van der Waals surface area contributed by atoms with Crippen LogP contribution in [0, 0.1) is 19.3 Å². The molecule has 4 aromatic carbocycles. The van der Waals surface area contributed by atoms with E-state index in [9.17, 15) is 5.11 Å². The van der Waals surface area contributed by atoms with Crippen molar-refractivity contribution in [3.8, 4) is 0 Å². The van der Waals surface area contributed by atoms with Gasteiger partial charge in [0.15, 0.2) is 0 Å². The minimum Gasteiger partial charge on any atom is -0.396 e. The minimum absolute atomic E-state index is 0.153. The van der Waals surface area contributed by atoms with E-state index in [0.717, 1.165) is 43.9 Å². The second-order valence-corrected chi connectivity index (χ2v) is 16.5. The van der Waals surface area contributed by atoms with Crippen molar-refractivity contribution in [3.05, 3.63) is 155 Å². The molecule has 1 atom stereocenters. The number of rotatable bonds is 14. The fourth-order valence-electron chi connectivity index (χ4n) is 6.15. The first kappa shape index (κ1) is 30.6. The molecule has 1 nitrogen and oxygen atoms in total. The molecule has 216 valence electrons. The topological polar surface area (TPSA) is 20.2 Å². The summed E-state index contributed by atoms with van der Waals surface area (Å²) in [5, 5.41) is 14.3. The van der Waals surface area contributed by atoms with Gasteiger partial charge in [-0.15, -0.1) is 0 Å². The van der Waals surface area contributed by atoms with Gasteiger partial charge in [-0.2, -0.15) is 0 Å². The molecule has 4 aromatic rings. The van der Waals surface area contributed by atoms with E-state index in [2.05, 4.69) is 141 Å². The maximum absolute atomic E-state index is 11.4. The molecule has 1 aliphatic carbocycles. The Morgan fingerprint density at radius 3 is 1.74 bits per heavy atom. The summed E-state index contributed by atoms with van der Waals surface area (Å²) in [7, 11) is -1.02. The van der Waals surface area contributed by atoms with Crippen molar-refractivity contribution in [2.75, 3.05) is 18.9 Å². The monoisotopic (exact) mass is 590 g/mol. The quantitative estimate of drug-likeness (QED) is 0.145. The van der Waals surface area contributed by atoms with E-state index in [0.29, 0.717) is 0 Å². The van der Waals surface area contributed by atoms with Gasteiger partial charge in [-0.25, -0.2) is 0 Å². The van der Waals surface area contributed by atoms with E-state index in [-0.39, 0.29) is 12.0 Å². The molecule has 0 fully saturated rings. The second-order valence-electron chi connectivity index (χ2n) is 12.0. The van der Waals surface area contributed by atoms with Crippen LogP contribution in [0.15, 0.2) is 133 Å². The van der Waals surface area contributed by atoms with Gasteiger partial charge < -0.3 is 5.11 Å². The van der Waals surface area contributed by atoms with Crippen LogP contribution < -0.4 is 10.6 Å². The average Bonchev–Trinajstić information content (AvgIpc) is 3.53. The average molecular weight is 591 g/mol. The van der Waals surface area contributed by atoms with Crippen LogP contribution in [0.25, 0.3) is 0 Å². The van der Waals surface area contributed by atoms with Crippen molar-refractivity contribution in [1.82, 2.24) is 0 Å². The minimum atomic E-state index is -0.613. The molecule has 1 aliphatic rings. The summed E-state index contributed by atoms with van der Waals surface area (Å²) < 4.78 is 0. The Balaban J connectivity index is 1.51. The number of allylic oxidation sites excluding steroid dienone is 4. The molecular formula is C39H44OP2. The van der Waals surface area contributed by atoms with Crippen LogP contribution in [-0.2, 0) is 12.3 Å². The van der Waals surface area contributed by atoms with Gasteiger partial charge in [-0.3, -0.25) is 0 Å². The first-order chi connectivity index (χ1) is 20.5. The van der Waals surface area contributed by atoms with Crippen LogP contribution in [0.5, 0.6) is 0 Å². The summed E-state index contributed by atoms with van der Waals surface area (Å²) in [6.45, 7) is 4.62. The van der Waals surface area contributed by atoms with Gasteiger partial charge in [0.2, 0.25) is 0 Å². The normalized spacial score (nSPS) is 14.4. The Bertz CT molecular complexity index is 1390. The Morgan fingerprint density at radius 2 is 1.26 bits per heavy atom. The SMILES string of the molecule is Cc1cccc(CP(Cc2cccc(C)c2)CC(CO)(CCC2=CC=CC2)CP(c2ccccc2)c2ccccc2)c1. The Hall–Kier alpha value is -2.82. The molecule has 42 heavy (non-hydrogen) atoms. The van der Waals surface area contributed by atoms with Gasteiger partial charge in [-0.05, 0) is 87.4 Å². The number of aryl methyl sites for hydroxylation is 2. The standard InChI is InChI=1S/C39H44OP2/c1-32-13-11-17-35(25-32)27-41(28-36-18-12-14-33(2)26-36)30-39(29-40,24-23-34-15-9-10-16-34)31-42(37-19-5-3-6-20-37)38-21-7-4-8-22-38/h3-15,17-22,25-26,40H,16,23-24,27-31H2,1-2H3. The number of aliphatic hydroxyl groups excluding tert-OH is 1. The maximum Gasteiger partial charge on any atom is 0.0494 e. The van der Waals surface area contributed by atoms with Crippen LogP contribution in [0.1, 0.15) is 41.5 Å². The highest BCUT2D eigenvalue weighted by atomic mass is 31.1. The number of hydrogen-bond donors (Lipinski definition) is 1. The molecule has 0 heterocycles. The van der Waals surface area contributed by atoms with E-state index < -0.39 is 15.8 Å². The number of hydrogen-bond acceptors (Lipinski definition) is 1. The summed E-state index contributed by atoms with van der Waals surface area (Å²) in [5.41, 5.74) is 6.85. The molecule has 0 amide bonds. The van der Waals surface area contributed by atoms with Crippen LogP contribution in [-0.4, -0.2) is 24.0 Å². The second kappa shape index (κ2) is 15.1. The van der Waals surface area contributed by atoms with Crippen molar-refractivity contribution in [2.45, 2.75) is 45.4 Å². The predicted octanol–water partition coefficient (Wildman–Crippen LogP) is 9.26. The molecule has 0 saturated heterocycles. The van der Waals surface area contributed by atoms with Crippen LogP contribution in [0.4, 0.5) is 0 Å². The number of benzene rings is 4. The predicted molar refractivity (Wildman–Crippen MR) is 186 cm³/mol. The maximum atomic E-state index is 11.4. The fourth-order valence-corrected chi connectivity index (χ4v) is 12.2. The molecule has 0 aliphatic heterocycles. The largest absolute Gasteiger partial charge is 0.396 e. The third kappa shape index (κ3) is 8.61. The summed E-state index contributed by atoms with van der Waals surface area (Å²) in [6, 6.07) is 40.2. The van der Waals surface area contributed by atoms with Crippen molar-refractivity contribution in [3.63, 3.8) is 0 Å². The molecule has 3 heteroatoms. The lowest BCUT2D eigenvalue weighted by molar-refractivity contribution is 0.157. The summed E-state index contributed by atoms with van der Waals surface area (Å²) >= 11 is 0. The molecule has 0 bridgehead atoms. The van der Waals surface area contributed by atoms with Crippen molar-refractivity contribution in [2.24, 2.45) is 5.41 Å². The zero-order valence-corrected chi connectivity index (χ0v) is 26.9. The Kier molecular flexibility index (Phi) is 11.0. The number of aliphatic hydroxyl groups is 1. The van der Waals surface area contributed by atoms with Crippen LogP contribution in [0.2, 0.25) is 0 Å². The van der Waals surface area contributed by atoms with Crippen LogP contribution >= 0.6 is 15.8 Å². The van der Waals surface area contributed by atoms with E-state index in [4.69, 9.17) is 0 Å². The first-order valence-electron chi connectivity index (χ1n) is 15.2. The van der Waals surface area contributed by atoms with Gasteiger partial charge in [0.25, 0.3) is 0 Å². The van der Waals surface area contributed by atoms with Gasteiger partial charge in [-0.1, -0.05) is 152 Å². The lowest BCUT2D eigenvalue weighted by atomic mass is 9.86. The highest BCUT2D eigenvalue weighted by molar-refractivity contribution is 7.73. The molecular weight excluding hydrogens is 546 g/mol. The van der Waals surface area contributed by atoms with Crippen molar-refractivity contribution >= 4 is 26.5 Å². The summed E-state index contributed by atoms with van der Waals surface area (Å²) in [4.78, 5) is 0. The zero-order chi connectivity index (χ0) is 29.2. The lowest BCUT2D eigenvalue weighted by Crippen LogP contribution is -2.36. The van der Waals surface area contributed by atoms with E-state index in [1.54, 1.807) is 0 Å². The molecule has 0 radical (unpaired) electrons. The highest BCUT2D eigenvalue weighted by Crippen LogP contribution is 2.53. The molecule has 1 N–H and O–H groups in total. The third-order valence-electron chi connectivity index (χ3n) is 8.33. The first-order valence-corrected chi connectivity index (χ1v) is 18.6. The smallest absolute Gasteiger partial charge is 0.0494 e.